The van der Waals surface area contributed by atoms with Crippen LogP contribution in [0.4, 0.5) is 0 Å². The van der Waals surface area contributed by atoms with Gasteiger partial charge in [-0.25, -0.2) is 3.21 Å². The second-order valence-corrected chi connectivity index (χ2v) is 1.45. The molecular weight excluding hydrogens is 203 g/mol. The van der Waals surface area contributed by atoms with Gasteiger partial charge in [0.2, 0.25) is 0 Å². The summed E-state index contributed by atoms with van der Waals surface area (Å²) in [5.74, 6) is 0. The molecule has 7 heavy (non-hydrogen) atoms. The third-order valence-corrected chi connectivity index (χ3v) is 0.727. The van der Waals surface area contributed by atoms with Gasteiger partial charge in [-0.2, -0.15) is 0 Å². The minimum atomic E-state index is 1.71. The van der Waals surface area contributed by atoms with Crippen molar-refractivity contribution >= 4 is 29.1 Å². The van der Waals surface area contributed by atoms with E-state index in [9.17, 15) is 0 Å². The molecule has 0 aromatic heterocycles. The monoisotopic (exact) mass is 210 g/mol. The number of allylic oxidation sites excluding steroid dienone is 1. The van der Waals surface area contributed by atoms with E-state index in [-0.39, 0.29) is 0 Å². The fraction of sp³-hybridized carbons (Fsp3) is 0.250. The number of halogens is 1. The summed E-state index contributed by atoms with van der Waals surface area (Å²) in [6.07, 6.45) is 5.34. The molecule has 3 heteroatoms. The lowest BCUT2D eigenvalue weighted by molar-refractivity contribution is 1.11. The Morgan fingerprint density at radius 2 is 2.43 bits per heavy atom. The number of nitrogens with one attached hydrogen (secondary N) is 1. The lowest BCUT2D eigenvalue weighted by Gasteiger charge is -1.76. The predicted octanol–water partition coefficient (Wildman–Crippen LogP) is 1.14. The lowest BCUT2D eigenvalue weighted by atomic mass is 10.7. The maximum atomic E-state index is 3.69. The zero-order chi connectivity index (χ0) is 5.54. The molecule has 1 N–H and O–H groups in total. The van der Waals surface area contributed by atoms with Crippen LogP contribution in [-0.2, 0) is 0 Å². The summed E-state index contributed by atoms with van der Waals surface area (Å²) < 4.78 is 3.69. The van der Waals surface area contributed by atoms with Crippen LogP contribution in [0.5, 0.6) is 0 Å². The largest absolute Gasteiger partial charge is 0.394 e. The van der Waals surface area contributed by atoms with Gasteiger partial charge >= 0.3 is 0 Å². The van der Waals surface area contributed by atoms with E-state index in [0.29, 0.717) is 0 Å². The van der Waals surface area contributed by atoms with Crippen molar-refractivity contribution in [3.8, 4) is 0 Å². The first kappa shape index (κ1) is 6.94. The van der Waals surface area contributed by atoms with Gasteiger partial charge < -0.3 is 5.32 Å². The van der Waals surface area contributed by atoms with E-state index in [1.807, 2.05) is 42.2 Å². The van der Waals surface area contributed by atoms with Crippen molar-refractivity contribution in [1.82, 2.24) is 5.32 Å². The molecule has 0 aliphatic rings. The zero-order valence-corrected chi connectivity index (χ0v) is 6.21. The van der Waals surface area contributed by atoms with Gasteiger partial charge in [-0.1, -0.05) is 0 Å². The molecule has 0 radical (unpaired) electrons. The quantitative estimate of drug-likeness (QED) is 0.536. The van der Waals surface area contributed by atoms with Crippen LogP contribution >= 0.6 is 22.9 Å². The van der Waals surface area contributed by atoms with E-state index in [2.05, 4.69) is 8.52 Å². The molecule has 0 spiro atoms. The Balaban J connectivity index is 3.09. The molecule has 0 atom stereocenters. The molecule has 2 nitrogen and oxygen atoms in total. The molecule has 40 valence electrons. The van der Waals surface area contributed by atoms with Crippen LogP contribution in [0.25, 0.3) is 0 Å². The second-order valence-electron chi connectivity index (χ2n) is 0.894. The van der Waals surface area contributed by atoms with Crippen molar-refractivity contribution in [1.29, 1.82) is 0 Å². The van der Waals surface area contributed by atoms with Crippen molar-refractivity contribution in [2.75, 3.05) is 7.05 Å². The van der Waals surface area contributed by atoms with Crippen LogP contribution < -0.4 is 5.32 Å². The number of nitrogens with zero attached hydrogens (tertiary/aromatic N) is 1. The van der Waals surface area contributed by atoms with Crippen molar-refractivity contribution in [2.24, 2.45) is 3.21 Å². The van der Waals surface area contributed by atoms with Gasteiger partial charge in [0, 0.05) is 13.3 Å². The molecule has 0 saturated heterocycles. The summed E-state index contributed by atoms with van der Waals surface area (Å²) in [4.78, 5) is 0. The topological polar surface area (TPSA) is 24.4 Å². The van der Waals surface area contributed by atoms with E-state index in [0.717, 1.165) is 0 Å². The van der Waals surface area contributed by atoms with Crippen LogP contribution in [0, 0.1) is 0 Å². The Morgan fingerprint density at radius 1 is 1.71 bits per heavy atom. The SMILES string of the molecule is CN/C=C\C=N/I. The molecule has 0 amide bonds. The van der Waals surface area contributed by atoms with Gasteiger partial charge in [-0.3, -0.25) is 0 Å². The van der Waals surface area contributed by atoms with Crippen LogP contribution in [0.15, 0.2) is 15.5 Å². The van der Waals surface area contributed by atoms with E-state index in [1.165, 1.54) is 0 Å². The Morgan fingerprint density at radius 3 is 2.86 bits per heavy atom. The standard InChI is InChI=1S/C4H7IN2/c1-6-3-2-4-7-5/h2-4,6H,1H3/b3-2-,7-4-. The van der Waals surface area contributed by atoms with Crippen LogP contribution in [0.2, 0.25) is 0 Å². The molecule has 0 aliphatic heterocycles. The molecule has 0 saturated carbocycles. The third kappa shape index (κ3) is 5.94. The minimum Gasteiger partial charge on any atom is -0.394 e. The van der Waals surface area contributed by atoms with Gasteiger partial charge in [0.25, 0.3) is 0 Å². The first-order chi connectivity index (χ1) is 3.41. The van der Waals surface area contributed by atoms with E-state index < -0.39 is 0 Å². The van der Waals surface area contributed by atoms with E-state index >= 15 is 0 Å². The molecule has 0 aromatic rings. The van der Waals surface area contributed by atoms with Crippen LogP contribution in [0.3, 0.4) is 0 Å². The van der Waals surface area contributed by atoms with Gasteiger partial charge in [-0.15, -0.1) is 0 Å². The second kappa shape index (κ2) is 5.94. The van der Waals surface area contributed by atoms with Crippen LogP contribution in [-0.4, -0.2) is 13.3 Å². The van der Waals surface area contributed by atoms with E-state index in [4.69, 9.17) is 0 Å². The first-order valence-electron chi connectivity index (χ1n) is 1.88. The van der Waals surface area contributed by atoms with Gasteiger partial charge in [0.15, 0.2) is 0 Å². The Bertz CT molecular complexity index is 77.8. The molecule has 0 heterocycles. The highest BCUT2D eigenvalue weighted by molar-refractivity contribution is 14.1. The minimum absolute atomic E-state index is 1.71. The zero-order valence-electron chi connectivity index (χ0n) is 4.06. The fourth-order valence-corrected chi connectivity index (χ4v) is 0.357. The maximum absolute atomic E-state index is 3.69. The van der Waals surface area contributed by atoms with E-state index in [1.54, 1.807) is 6.21 Å². The van der Waals surface area contributed by atoms with Gasteiger partial charge in [-0.05, 0) is 12.3 Å². The summed E-state index contributed by atoms with van der Waals surface area (Å²) in [5, 5.41) is 2.83. The average molecular weight is 210 g/mol. The van der Waals surface area contributed by atoms with Gasteiger partial charge in [0.05, 0.1) is 22.9 Å². The molecule has 0 aliphatic carbocycles. The van der Waals surface area contributed by atoms with Crippen LogP contribution in [0.1, 0.15) is 0 Å². The highest BCUT2D eigenvalue weighted by Crippen LogP contribution is 1.76. The molecule has 0 unspecified atom stereocenters. The fourth-order valence-electron chi connectivity index (χ4n) is 0.172. The van der Waals surface area contributed by atoms with Gasteiger partial charge in [0.1, 0.15) is 0 Å². The van der Waals surface area contributed by atoms with Crippen molar-refractivity contribution < 1.29 is 0 Å². The molecular formula is C4H7IN2. The summed E-state index contributed by atoms with van der Waals surface area (Å²) in [7, 11) is 1.84. The summed E-state index contributed by atoms with van der Waals surface area (Å²) >= 11 is 1.92. The molecule has 0 bridgehead atoms. The Labute approximate surface area is 57.2 Å². The maximum Gasteiger partial charge on any atom is 0.0831 e. The lowest BCUT2D eigenvalue weighted by Crippen LogP contribution is -1.90. The van der Waals surface area contributed by atoms with Crippen molar-refractivity contribution in [2.45, 2.75) is 0 Å². The number of hydrogen-bond donors (Lipinski definition) is 1. The van der Waals surface area contributed by atoms with Crippen molar-refractivity contribution in [3.05, 3.63) is 12.3 Å². The smallest absolute Gasteiger partial charge is 0.0831 e. The third-order valence-electron chi connectivity index (χ3n) is 0.405. The Hall–Kier alpha value is -0.0600. The summed E-state index contributed by atoms with van der Waals surface area (Å²) in [6.45, 7) is 0. The summed E-state index contributed by atoms with van der Waals surface area (Å²) in [5.41, 5.74) is 0. The first-order valence-corrected chi connectivity index (χ1v) is 2.85. The Kier molecular flexibility index (Phi) is 5.89. The summed E-state index contributed by atoms with van der Waals surface area (Å²) in [6, 6.07) is 0. The average Bonchev–Trinajstić information content (AvgIpc) is 1.69. The highest BCUT2D eigenvalue weighted by atomic mass is 127. The number of hydrogen-bond acceptors (Lipinski definition) is 2. The molecule has 0 rings (SSSR count). The number of rotatable bonds is 2. The highest BCUT2D eigenvalue weighted by Gasteiger charge is 1.56. The normalized spacial score (nSPS) is 11.1. The molecule has 0 aromatic carbocycles. The van der Waals surface area contributed by atoms with Crippen molar-refractivity contribution in [3.63, 3.8) is 0 Å². The predicted molar refractivity (Wildman–Crippen MR) is 40.7 cm³/mol. The molecule has 0 fully saturated rings.